The van der Waals surface area contributed by atoms with Gasteiger partial charge >= 0.3 is 0 Å². The van der Waals surface area contributed by atoms with Gasteiger partial charge in [0.2, 0.25) is 5.91 Å². The number of aryl methyl sites for hydroxylation is 1. The molecule has 1 aliphatic heterocycles. The van der Waals surface area contributed by atoms with Crippen molar-refractivity contribution in [2.75, 3.05) is 26.0 Å². The van der Waals surface area contributed by atoms with Crippen molar-refractivity contribution in [2.24, 2.45) is 17.8 Å². The summed E-state index contributed by atoms with van der Waals surface area (Å²) in [4.78, 5) is 28.4. The molecule has 10 heteroatoms. The van der Waals surface area contributed by atoms with E-state index in [2.05, 4.69) is 15.4 Å². The van der Waals surface area contributed by atoms with Crippen molar-refractivity contribution >= 4 is 23.2 Å². The van der Waals surface area contributed by atoms with Crippen LogP contribution in [0.3, 0.4) is 0 Å². The topological polar surface area (TPSA) is 147 Å². The predicted molar refractivity (Wildman–Crippen MR) is 102 cm³/mol. The number of nitrogen functional groups attached to an aromatic ring is 1. The largest absolute Gasteiger partial charge is 0.487 e. The average Bonchev–Trinajstić information content (AvgIpc) is 3.03. The van der Waals surface area contributed by atoms with Crippen molar-refractivity contribution in [1.82, 2.24) is 15.1 Å². The van der Waals surface area contributed by atoms with E-state index in [1.807, 2.05) is 13.1 Å². The van der Waals surface area contributed by atoms with Gasteiger partial charge in [-0.25, -0.2) is 0 Å². The molecule has 148 valence electrons. The number of nitrogens with two attached hydrogens (primary N) is 2. The van der Waals surface area contributed by atoms with E-state index in [0.29, 0.717) is 23.6 Å². The number of carbonyl (C=O) groups excluding carboxylic acids is 2. The summed E-state index contributed by atoms with van der Waals surface area (Å²) in [6.07, 6.45) is 1.68. The molecule has 0 saturated carbocycles. The van der Waals surface area contributed by atoms with Gasteiger partial charge in [-0.3, -0.25) is 19.3 Å². The number of amides is 2. The second-order valence-corrected chi connectivity index (χ2v) is 6.45. The number of carbonyl (C=O) groups is 2. The minimum atomic E-state index is -1.23. The third-order valence-corrected chi connectivity index (χ3v) is 4.55. The Labute approximate surface area is 161 Å². The van der Waals surface area contributed by atoms with Crippen LogP contribution in [0.1, 0.15) is 11.3 Å². The van der Waals surface area contributed by atoms with E-state index in [4.69, 9.17) is 20.9 Å². The highest BCUT2D eigenvalue weighted by Crippen LogP contribution is 2.23. The van der Waals surface area contributed by atoms with E-state index < -0.39 is 17.4 Å². The highest BCUT2D eigenvalue weighted by Gasteiger charge is 2.46. The van der Waals surface area contributed by atoms with E-state index in [9.17, 15) is 9.59 Å². The number of hydrogen-bond donors (Lipinski definition) is 3. The van der Waals surface area contributed by atoms with Crippen LogP contribution in [0.4, 0.5) is 5.69 Å². The molecule has 28 heavy (non-hydrogen) atoms. The molecular weight excluding hydrogens is 364 g/mol. The second kappa shape index (κ2) is 7.69. The van der Waals surface area contributed by atoms with Crippen LogP contribution in [0.5, 0.6) is 5.75 Å². The number of benzene rings is 1. The van der Waals surface area contributed by atoms with Crippen LogP contribution in [-0.4, -0.2) is 53.1 Å². The fourth-order valence-corrected chi connectivity index (χ4v) is 2.73. The van der Waals surface area contributed by atoms with E-state index >= 15 is 0 Å². The summed E-state index contributed by atoms with van der Waals surface area (Å²) < 4.78 is 12.5. The Morgan fingerprint density at radius 1 is 1.39 bits per heavy atom. The van der Waals surface area contributed by atoms with E-state index in [-0.39, 0.29) is 18.9 Å². The monoisotopic (exact) mass is 386 g/mol. The Hall–Kier alpha value is -3.40. The molecule has 1 fully saturated rings. The third-order valence-electron chi connectivity index (χ3n) is 4.55. The fourth-order valence-electron chi connectivity index (χ4n) is 2.73. The van der Waals surface area contributed by atoms with Gasteiger partial charge in [-0.05, 0) is 24.3 Å². The van der Waals surface area contributed by atoms with Crippen molar-refractivity contribution in [1.29, 1.82) is 0 Å². The molecule has 2 aromatic rings. The van der Waals surface area contributed by atoms with Crippen molar-refractivity contribution in [3.63, 3.8) is 0 Å². The summed E-state index contributed by atoms with van der Waals surface area (Å²) in [6, 6.07) is 6.80. The van der Waals surface area contributed by atoms with Crippen LogP contribution < -0.4 is 21.5 Å². The maximum atomic E-state index is 12.7. The number of nitrogens with one attached hydrogen (secondary N) is 1. The summed E-state index contributed by atoms with van der Waals surface area (Å²) in [5, 5.41) is 6.69. The number of primary amides is 1. The normalized spacial score (nSPS) is 15.6. The third kappa shape index (κ3) is 3.67. The van der Waals surface area contributed by atoms with Gasteiger partial charge in [0.25, 0.3) is 5.91 Å². The zero-order valence-electron chi connectivity index (χ0n) is 15.6. The molecule has 1 saturated heterocycles. The number of hydrogen-bond acceptors (Lipinski definition) is 7. The van der Waals surface area contributed by atoms with Crippen LogP contribution in [0.2, 0.25) is 0 Å². The van der Waals surface area contributed by atoms with Crippen molar-refractivity contribution in [2.45, 2.75) is 12.1 Å². The lowest BCUT2D eigenvalue weighted by Gasteiger charge is -2.38. The van der Waals surface area contributed by atoms with E-state index in [0.717, 1.165) is 5.69 Å². The lowest BCUT2D eigenvalue weighted by atomic mass is 9.95. The quantitative estimate of drug-likeness (QED) is 0.426. The van der Waals surface area contributed by atoms with Crippen molar-refractivity contribution in [3.8, 4) is 5.75 Å². The molecule has 2 amide bonds. The number of ether oxygens (including phenoxy) is 2. The molecule has 1 aliphatic rings. The molecule has 2 heterocycles. The number of anilines is 1. The molecule has 5 N–H and O–H groups in total. The maximum Gasteiger partial charge on any atom is 0.271 e. The lowest BCUT2D eigenvalue weighted by Crippen LogP contribution is -2.70. The van der Waals surface area contributed by atoms with Gasteiger partial charge in [-0.1, -0.05) is 0 Å². The standard InChI is InChI=1S/C18H22N6O4/c1-21-15(16(25)23-18(17(20)26)9-27-10-18)13-7-12(3-4-14(13)19)28-8-11-5-6-22-24(11)2/h3-7H,8-10,19H2,1-2H3,(H2,20,26)(H,23,25). The Kier molecular flexibility index (Phi) is 5.32. The molecule has 1 aromatic heterocycles. The highest BCUT2D eigenvalue weighted by molar-refractivity contribution is 6.46. The smallest absolute Gasteiger partial charge is 0.271 e. The van der Waals surface area contributed by atoms with Crippen LogP contribution in [0.15, 0.2) is 35.5 Å². The van der Waals surface area contributed by atoms with Crippen molar-refractivity contribution < 1.29 is 19.1 Å². The first-order valence-corrected chi connectivity index (χ1v) is 8.53. The number of nitrogens with zero attached hydrogens (tertiary/aromatic N) is 3. The molecule has 1 aromatic carbocycles. The summed E-state index contributed by atoms with van der Waals surface area (Å²) in [7, 11) is 3.28. The van der Waals surface area contributed by atoms with Gasteiger partial charge in [0.05, 0.1) is 18.9 Å². The predicted octanol–water partition coefficient (Wildman–Crippen LogP) is -0.629. The minimum absolute atomic E-state index is 0.0222. The van der Waals surface area contributed by atoms with Gasteiger partial charge in [0.15, 0.2) is 5.54 Å². The Morgan fingerprint density at radius 3 is 2.68 bits per heavy atom. The van der Waals surface area contributed by atoms with Crippen LogP contribution >= 0.6 is 0 Å². The SMILES string of the molecule is CN=C(C(=O)NC1(C(N)=O)COC1)c1cc(OCc2ccnn2C)ccc1N. The van der Waals surface area contributed by atoms with Crippen LogP contribution in [0.25, 0.3) is 0 Å². The van der Waals surface area contributed by atoms with Gasteiger partial charge in [0.1, 0.15) is 18.1 Å². The fraction of sp³-hybridized carbons (Fsp3) is 0.333. The highest BCUT2D eigenvalue weighted by atomic mass is 16.5. The molecule has 10 nitrogen and oxygen atoms in total. The molecule has 0 spiro atoms. The van der Waals surface area contributed by atoms with Gasteiger partial charge in [0, 0.05) is 31.5 Å². The molecule has 0 bridgehead atoms. The molecule has 0 aliphatic carbocycles. The molecule has 0 radical (unpaired) electrons. The van der Waals surface area contributed by atoms with Crippen LogP contribution in [-0.2, 0) is 28.0 Å². The zero-order valence-corrected chi connectivity index (χ0v) is 15.6. The maximum absolute atomic E-state index is 12.7. The molecule has 3 rings (SSSR count). The number of aliphatic imine (C=N–C) groups is 1. The number of rotatable bonds is 7. The molecule has 0 unspecified atom stereocenters. The van der Waals surface area contributed by atoms with Crippen molar-refractivity contribution in [3.05, 3.63) is 41.7 Å². The summed E-state index contributed by atoms with van der Waals surface area (Å²) in [6.45, 7) is 0.343. The van der Waals surface area contributed by atoms with Crippen LogP contribution in [0, 0.1) is 0 Å². The van der Waals surface area contributed by atoms with Gasteiger partial charge < -0.3 is 26.3 Å². The first-order valence-electron chi connectivity index (χ1n) is 8.53. The second-order valence-electron chi connectivity index (χ2n) is 6.45. The lowest BCUT2D eigenvalue weighted by molar-refractivity contribution is -0.149. The Morgan fingerprint density at radius 2 is 2.14 bits per heavy atom. The number of aromatic nitrogens is 2. The van der Waals surface area contributed by atoms with E-state index in [1.54, 1.807) is 29.1 Å². The first-order chi connectivity index (χ1) is 13.4. The van der Waals surface area contributed by atoms with Gasteiger partial charge in [-0.15, -0.1) is 0 Å². The Bertz CT molecular complexity index is 932. The zero-order chi connectivity index (χ0) is 20.3. The first kappa shape index (κ1) is 19.4. The summed E-state index contributed by atoms with van der Waals surface area (Å²) >= 11 is 0. The molecular formula is C18H22N6O4. The average molecular weight is 386 g/mol. The molecule has 0 atom stereocenters. The van der Waals surface area contributed by atoms with Gasteiger partial charge in [-0.2, -0.15) is 5.10 Å². The van der Waals surface area contributed by atoms with E-state index in [1.165, 1.54) is 7.05 Å². The minimum Gasteiger partial charge on any atom is -0.487 e. The summed E-state index contributed by atoms with van der Waals surface area (Å²) in [5.74, 6) is -0.722. The summed E-state index contributed by atoms with van der Waals surface area (Å²) in [5.41, 5.74) is 11.9. The Balaban J connectivity index is 1.79.